The first-order valence-electron chi connectivity index (χ1n) is 12.7. The predicted molar refractivity (Wildman–Crippen MR) is 135 cm³/mol. The fourth-order valence-electron chi connectivity index (χ4n) is 5.95. The molecule has 0 spiro atoms. The molecule has 0 saturated carbocycles. The van der Waals surface area contributed by atoms with Gasteiger partial charge in [0, 0.05) is 48.4 Å². The molecule has 2 aromatic carbocycles. The van der Waals surface area contributed by atoms with Crippen LogP contribution in [-0.4, -0.2) is 49.0 Å². The highest BCUT2D eigenvalue weighted by molar-refractivity contribution is 5.86. The molecule has 4 aromatic rings. The molecule has 3 N–H and O–H groups in total. The molecule has 4 heterocycles. The molecule has 3 atom stereocenters. The Morgan fingerprint density at radius 3 is 2.51 bits per heavy atom. The third kappa shape index (κ3) is 3.94. The van der Waals surface area contributed by atoms with Crippen LogP contribution in [0.5, 0.6) is 0 Å². The maximum absolute atomic E-state index is 15.7. The summed E-state index contributed by atoms with van der Waals surface area (Å²) in [6, 6.07) is 9.66. The Labute approximate surface area is 220 Å². The van der Waals surface area contributed by atoms with Crippen LogP contribution in [0, 0.1) is 5.82 Å². The van der Waals surface area contributed by atoms with Crippen LogP contribution in [0.4, 0.5) is 23.4 Å². The van der Waals surface area contributed by atoms with Crippen molar-refractivity contribution in [3.63, 3.8) is 0 Å². The number of imidazole rings is 1. The van der Waals surface area contributed by atoms with Gasteiger partial charge in [0.25, 0.3) is 0 Å². The molecule has 0 radical (unpaired) electrons. The summed E-state index contributed by atoms with van der Waals surface area (Å²) in [5.41, 5.74) is 2.04. The second kappa shape index (κ2) is 9.04. The third-order valence-corrected chi connectivity index (χ3v) is 7.94. The number of rotatable bonds is 4. The summed E-state index contributed by atoms with van der Waals surface area (Å²) >= 11 is 0. The number of hydrogen-bond donors (Lipinski definition) is 2. The molecule has 1 unspecified atom stereocenters. The molecule has 202 valence electrons. The number of amides is 1. The minimum absolute atomic E-state index is 0.0780. The number of halogens is 4. The first-order valence-corrected chi connectivity index (χ1v) is 12.7. The highest BCUT2D eigenvalue weighted by Crippen LogP contribution is 2.45. The van der Waals surface area contributed by atoms with E-state index in [9.17, 15) is 23.1 Å². The van der Waals surface area contributed by atoms with Crippen LogP contribution in [-0.2, 0) is 10.4 Å². The van der Waals surface area contributed by atoms with Crippen molar-refractivity contribution in [2.45, 2.75) is 49.4 Å². The Hall–Kier alpha value is -3.99. The number of alkyl halides is 3. The first-order chi connectivity index (χ1) is 18.6. The zero-order chi connectivity index (χ0) is 27.5. The smallest absolute Gasteiger partial charge is 0.382 e. The van der Waals surface area contributed by atoms with Gasteiger partial charge < -0.3 is 15.7 Å². The lowest BCUT2D eigenvalue weighted by molar-refractivity contribution is -0.248. The number of nitrogen functional groups attached to an aromatic ring is 1. The summed E-state index contributed by atoms with van der Waals surface area (Å²) < 4.78 is 59.9. The molecule has 2 aliphatic rings. The van der Waals surface area contributed by atoms with Crippen molar-refractivity contribution in [2.75, 3.05) is 12.3 Å². The Morgan fingerprint density at radius 1 is 1.03 bits per heavy atom. The topological polar surface area (TPSA) is 96.8 Å². The number of anilines is 1. The van der Waals surface area contributed by atoms with Crippen molar-refractivity contribution in [1.82, 2.24) is 19.3 Å². The van der Waals surface area contributed by atoms with Gasteiger partial charge in [-0.3, -0.25) is 9.20 Å². The number of benzene rings is 2. The number of carbonyl (C=O) groups excluding carboxylic acids is 1. The normalized spacial score (nSPS) is 21.3. The lowest BCUT2D eigenvalue weighted by Gasteiger charge is -2.34. The summed E-state index contributed by atoms with van der Waals surface area (Å²) in [4.78, 5) is 23.1. The van der Waals surface area contributed by atoms with Gasteiger partial charge in [-0.2, -0.15) is 13.2 Å². The molecule has 11 heteroatoms. The molecule has 2 saturated heterocycles. The molecule has 7 nitrogen and oxygen atoms in total. The fourth-order valence-corrected chi connectivity index (χ4v) is 5.95. The summed E-state index contributed by atoms with van der Waals surface area (Å²) in [7, 11) is 0. The molecular formula is C28H25F4N5O2. The van der Waals surface area contributed by atoms with E-state index < -0.39 is 28.7 Å². The lowest BCUT2D eigenvalue weighted by atomic mass is 9.85. The minimum atomic E-state index is -5.11. The number of piperidine rings is 1. The van der Waals surface area contributed by atoms with Crippen molar-refractivity contribution < 1.29 is 27.5 Å². The zero-order valence-electron chi connectivity index (χ0n) is 20.7. The number of nitrogens with two attached hydrogens (primary N) is 1. The van der Waals surface area contributed by atoms with Crippen LogP contribution in [0.15, 0.2) is 60.9 Å². The van der Waals surface area contributed by atoms with Gasteiger partial charge in [0.1, 0.15) is 28.7 Å². The van der Waals surface area contributed by atoms with Crippen LogP contribution in [0.1, 0.15) is 48.6 Å². The average molecular weight is 540 g/mol. The number of aromatic nitrogens is 3. The van der Waals surface area contributed by atoms with Gasteiger partial charge in [-0.15, -0.1) is 0 Å². The van der Waals surface area contributed by atoms with Crippen LogP contribution in [0.2, 0.25) is 0 Å². The summed E-state index contributed by atoms with van der Waals surface area (Å²) in [5, 5.41) is 10.9. The monoisotopic (exact) mass is 539 g/mol. The highest BCUT2D eigenvalue weighted by atomic mass is 19.4. The molecule has 1 amide bonds. The van der Waals surface area contributed by atoms with Crippen molar-refractivity contribution in [3.8, 4) is 11.3 Å². The molecule has 6 rings (SSSR count). The molecule has 2 aliphatic heterocycles. The standard InChI is InChI=1S/C28H25F4N5O2/c29-21-14-18(27(39,28(30,31)32)17-4-2-1-3-5-17)7-10-20(21)23-24-25(33)34-12-13-36(24)26(35-23)16-6-8-19-9-11-22(38)37(19)15-16/h1-5,7,10,12-14,16,19,39H,6,8-9,11,15H2,(H2,33,34)/t16-,19+,27?/m1/s1. The fraction of sp³-hybridized carbons (Fsp3) is 0.321. The van der Waals surface area contributed by atoms with E-state index >= 15 is 4.39 Å². The molecule has 0 bridgehead atoms. The van der Waals surface area contributed by atoms with E-state index in [-0.39, 0.29) is 34.9 Å². The van der Waals surface area contributed by atoms with Crippen LogP contribution < -0.4 is 5.73 Å². The van der Waals surface area contributed by atoms with Crippen molar-refractivity contribution in [1.29, 1.82) is 0 Å². The second-order valence-corrected chi connectivity index (χ2v) is 10.1. The van der Waals surface area contributed by atoms with Crippen LogP contribution >= 0.6 is 0 Å². The van der Waals surface area contributed by atoms with Crippen molar-refractivity contribution in [3.05, 3.63) is 83.7 Å². The van der Waals surface area contributed by atoms with E-state index in [0.29, 0.717) is 30.4 Å². The maximum Gasteiger partial charge on any atom is 0.425 e. The van der Waals surface area contributed by atoms with E-state index in [2.05, 4.69) is 4.98 Å². The molecule has 39 heavy (non-hydrogen) atoms. The number of hydrogen-bond acceptors (Lipinski definition) is 5. The highest BCUT2D eigenvalue weighted by Gasteiger charge is 2.56. The number of aliphatic hydroxyl groups is 1. The summed E-state index contributed by atoms with van der Waals surface area (Å²) in [5.74, 6) is -0.380. The van der Waals surface area contributed by atoms with Gasteiger partial charge in [0.2, 0.25) is 11.5 Å². The quantitative estimate of drug-likeness (QED) is 0.364. The van der Waals surface area contributed by atoms with Gasteiger partial charge in [-0.05, 0) is 37.0 Å². The van der Waals surface area contributed by atoms with E-state index in [1.807, 2.05) is 4.90 Å². The summed E-state index contributed by atoms with van der Waals surface area (Å²) in [6.07, 6.45) is 0.975. The van der Waals surface area contributed by atoms with E-state index in [0.717, 1.165) is 37.5 Å². The maximum atomic E-state index is 15.7. The lowest BCUT2D eigenvalue weighted by Crippen LogP contribution is -2.43. The average Bonchev–Trinajstić information content (AvgIpc) is 3.49. The number of nitrogens with zero attached hydrogens (tertiary/aromatic N) is 4. The summed E-state index contributed by atoms with van der Waals surface area (Å²) in [6.45, 7) is 0.474. The van der Waals surface area contributed by atoms with Gasteiger partial charge in [-0.1, -0.05) is 36.4 Å². The SMILES string of the molecule is Nc1nccn2c([C@@H]3CC[C@H]4CCC(=O)N4C3)nc(-c3ccc(C(O)(c4ccccc4)C(F)(F)F)cc3F)c12. The van der Waals surface area contributed by atoms with Gasteiger partial charge >= 0.3 is 6.18 Å². The molecule has 0 aliphatic carbocycles. The zero-order valence-corrected chi connectivity index (χ0v) is 20.7. The van der Waals surface area contributed by atoms with Gasteiger partial charge in [0.15, 0.2) is 0 Å². The van der Waals surface area contributed by atoms with Crippen LogP contribution in [0.3, 0.4) is 0 Å². The van der Waals surface area contributed by atoms with Gasteiger partial charge in [0.05, 0.1) is 0 Å². The Bertz CT molecular complexity index is 1570. The molecule has 2 fully saturated rings. The van der Waals surface area contributed by atoms with E-state index in [4.69, 9.17) is 10.7 Å². The Kier molecular flexibility index (Phi) is 5.87. The number of fused-ring (bicyclic) bond motifs is 2. The Balaban J connectivity index is 1.45. The minimum Gasteiger partial charge on any atom is -0.382 e. The molecule has 2 aromatic heterocycles. The second-order valence-electron chi connectivity index (χ2n) is 10.1. The van der Waals surface area contributed by atoms with Crippen molar-refractivity contribution >= 4 is 17.2 Å². The van der Waals surface area contributed by atoms with E-state index in [1.165, 1.54) is 30.5 Å². The number of carbonyl (C=O) groups is 1. The largest absolute Gasteiger partial charge is 0.425 e. The van der Waals surface area contributed by atoms with Gasteiger partial charge in [-0.25, -0.2) is 14.4 Å². The Morgan fingerprint density at radius 2 is 1.79 bits per heavy atom. The van der Waals surface area contributed by atoms with Crippen LogP contribution in [0.25, 0.3) is 16.8 Å². The predicted octanol–water partition coefficient (Wildman–Crippen LogP) is 4.78. The first kappa shape index (κ1) is 25.3. The van der Waals surface area contributed by atoms with E-state index in [1.54, 1.807) is 10.6 Å². The molecular weight excluding hydrogens is 514 g/mol. The third-order valence-electron chi connectivity index (χ3n) is 7.94. The van der Waals surface area contributed by atoms with Crippen molar-refractivity contribution in [2.24, 2.45) is 0 Å².